The first-order chi connectivity index (χ1) is 10.0. The summed E-state index contributed by atoms with van der Waals surface area (Å²) in [4.78, 5) is 0.0943. The Hall–Kier alpha value is -1.08. The summed E-state index contributed by atoms with van der Waals surface area (Å²) < 4.78 is 28.7. The smallest absolute Gasteiger partial charge is 0.245 e. The number of hydrogen-bond acceptors (Lipinski definition) is 4. The molecule has 0 aliphatic heterocycles. The van der Waals surface area contributed by atoms with Gasteiger partial charge in [-0.1, -0.05) is 32.6 Å². The Morgan fingerprint density at radius 1 is 1.43 bits per heavy atom. The van der Waals surface area contributed by atoms with E-state index in [4.69, 9.17) is 5.73 Å². The van der Waals surface area contributed by atoms with Crippen LogP contribution in [0.4, 0.5) is 5.82 Å². The zero-order valence-corrected chi connectivity index (χ0v) is 13.5. The molecular formula is C14H26N4O2S. The molecule has 120 valence electrons. The topological polar surface area (TPSA) is 90.0 Å². The zero-order valence-electron chi connectivity index (χ0n) is 12.7. The maximum absolute atomic E-state index is 12.2. The number of nitrogens with two attached hydrogens (primary N) is 1. The number of anilines is 1. The van der Waals surface area contributed by atoms with Gasteiger partial charge in [0.05, 0.1) is 0 Å². The predicted molar refractivity (Wildman–Crippen MR) is 83.3 cm³/mol. The van der Waals surface area contributed by atoms with Gasteiger partial charge in [-0.2, -0.15) is 5.10 Å². The molecule has 0 atom stereocenters. The van der Waals surface area contributed by atoms with Gasteiger partial charge in [-0.05, 0) is 25.2 Å². The molecule has 0 radical (unpaired) electrons. The van der Waals surface area contributed by atoms with Crippen molar-refractivity contribution in [1.82, 2.24) is 14.5 Å². The number of nitrogen functional groups attached to an aromatic ring is 1. The van der Waals surface area contributed by atoms with Gasteiger partial charge in [0.1, 0.15) is 4.90 Å². The van der Waals surface area contributed by atoms with Crippen LogP contribution in [0.25, 0.3) is 0 Å². The Balaban J connectivity index is 1.85. The van der Waals surface area contributed by atoms with E-state index < -0.39 is 10.0 Å². The second kappa shape index (κ2) is 7.26. The lowest BCUT2D eigenvalue weighted by atomic mass is 10.0. The second-order valence-corrected chi connectivity index (χ2v) is 7.57. The lowest BCUT2D eigenvalue weighted by Crippen LogP contribution is -2.25. The average Bonchev–Trinajstić information content (AvgIpc) is 3.05. The molecule has 1 aliphatic carbocycles. The maximum atomic E-state index is 12.2. The van der Waals surface area contributed by atoms with Crippen LogP contribution in [0.15, 0.2) is 11.1 Å². The van der Waals surface area contributed by atoms with E-state index in [1.54, 1.807) is 4.68 Å². The van der Waals surface area contributed by atoms with E-state index in [9.17, 15) is 8.42 Å². The molecule has 0 saturated heterocycles. The van der Waals surface area contributed by atoms with Crippen molar-refractivity contribution >= 4 is 15.8 Å². The number of aromatic nitrogens is 2. The van der Waals surface area contributed by atoms with Crippen LogP contribution < -0.4 is 10.5 Å². The quantitative estimate of drug-likeness (QED) is 0.719. The minimum Gasteiger partial charge on any atom is -0.381 e. The van der Waals surface area contributed by atoms with E-state index in [1.807, 2.05) is 6.92 Å². The first-order valence-corrected chi connectivity index (χ1v) is 9.34. The summed E-state index contributed by atoms with van der Waals surface area (Å²) >= 11 is 0. The van der Waals surface area contributed by atoms with Crippen LogP contribution in [0.2, 0.25) is 0 Å². The normalized spacial score (nSPS) is 16.6. The minimum absolute atomic E-state index is 0.0757. The average molecular weight is 314 g/mol. The van der Waals surface area contributed by atoms with Gasteiger partial charge >= 0.3 is 0 Å². The molecule has 0 bridgehead atoms. The lowest BCUT2D eigenvalue weighted by Gasteiger charge is -2.09. The van der Waals surface area contributed by atoms with E-state index in [0.717, 1.165) is 25.2 Å². The highest BCUT2D eigenvalue weighted by Crippen LogP contribution is 2.28. The molecule has 7 heteroatoms. The predicted octanol–water partition coefficient (Wildman–Crippen LogP) is 2.12. The van der Waals surface area contributed by atoms with Gasteiger partial charge in [0.15, 0.2) is 5.82 Å². The Bertz CT molecular complexity index is 547. The van der Waals surface area contributed by atoms with E-state index in [2.05, 4.69) is 9.82 Å². The lowest BCUT2D eigenvalue weighted by molar-refractivity contribution is 0.480. The molecule has 2 rings (SSSR count). The number of sulfonamides is 1. The first-order valence-electron chi connectivity index (χ1n) is 7.85. The number of hydrogen-bond donors (Lipinski definition) is 2. The van der Waals surface area contributed by atoms with Gasteiger partial charge in [0, 0.05) is 19.3 Å². The Morgan fingerprint density at radius 2 is 2.14 bits per heavy atom. The van der Waals surface area contributed by atoms with E-state index in [1.165, 1.54) is 31.9 Å². The summed E-state index contributed by atoms with van der Waals surface area (Å²) in [7, 11) is -3.54. The molecular weight excluding hydrogens is 288 g/mol. The molecule has 1 saturated carbocycles. The van der Waals surface area contributed by atoms with Crippen molar-refractivity contribution in [2.75, 3.05) is 12.3 Å². The third kappa shape index (κ3) is 4.44. The van der Waals surface area contributed by atoms with Gasteiger partial charge < -0.3 is 5.73 Å². The molecule has 1 heterocycles. The van der Waals surface area contributed by atoms with Crippen LogP contribution >= 0.6 is 0 Å². The van der Waals surface area contributed by atoms with Crippen molar-refractivity contribution < 1.29 is 8.42 Å². The largest absolute Gasteiger partial charge is 0.381 e. The summed E-state index contributed by atoms with van der Waals surface area (Å²) in [6, 6.07) is 0. The zero-order chi connectivity index (χ0) is 15.3. The fraction of sp³-hybridized carbons (Fsp3) is 0.786. The highest BCUT2D eigenvalue weighted by atomic mass is 32.2. The van der Waals surface area contributed by atoms with Gasteiger partial charge in [0.25, 0.3) is 0 Å². The van der Waals surface area contributed by atoms with Crippen molar-refractivity contribution in [3.05, 3.63) is 6.20 Å². The van der Waals surface area contributed by atoms with E-state index >= 15 is 0 Å². The molecule has 1 fully saturated rings. The van der Waals surface area contributed by atoms with Gasteiger partial charge in [-0.3, -0.25) is 4.68 Å². The maximum Gasteiger partial charge on any atom is 0.245 e. The van der Waals surface area contributed by atoms with Crippen molar-refractivity contribution in [1.29, 1.82) is 0 Å². The monoisotopic (exact) mass is 314 g/mol. The van der Waals surface area contributed by atoms with Crippen LogP contribution in [0.3, 0.4) is 0 Å². The molecule has 0 amide bonds. The van der Waals surface area contributed by atoms with Crippen LogP contribution in [0.5, 0.6) is 0 Å². The van der Waals surface area contributed by atoms with Crippen molar-refractivity contribution in [3.63, 3.8) is 0 Å². The SMILES string of the molecule is CCCn1cc(S(=O)(=O)NCCCC2CCCC2)c(N)n1. The molecule has 1 aromatic heterocycles. The molecule has 6 nitrogen and oxygen atoms in total. The third-order valence-electron chi connectivity index (χ3n) is 4.05. The van der Waals surface area contributed by atoms with Crippen molar-refractivity contribution in [3.8, 4) is 0 Å². The summed E-state index contributed by atoms with van der Waals surface area (Å²) in [5, 5.41) is 4.03. The summed E-state index contributed by atoms with van der Waals surface area (Å²) in [6.07, 6.45) is 9.62. The van der Waals surface area contributed by atoms with E-state index in [-0.39, 0.29) is 10.7 Å². The molecule has 0 spiro atoms. The van der Waals surface area contributed by atoms with E-state index in [0.29, 0.717) is 13.1 Å². The molecule has 3 N–H and O–H groups in total. The fourth-order valence-electron chi connectivity index (χ4n) is 2.94. The number of aryl methyl sites for hydroxylation is 1. The summed E-state index contributed by atoms with van der Waals surface area (Å²) in [5.41, 5.74) is 5.71. The molecule has 1 aromatic rings. The number of rotatable bonds is 8. The van der Waals surface area contributed by atoms with Crippen molar-refractivity contribution in [2.45, 2.75) is 63.3 Å². The van der Waals surface area contributed by atoms with Crippen LogP contribution in [0.1, 0.15) is 51.9 Å². The van der Waals surface area contributed by atoms with Crippen LogP contribution in [-0.2, 0) is 16.6 Å². The van der Waals surface area contributed by atoms with Gasteiger partial charge in [0.2, 0.25) is 10.0 Å². The van der Waals surface area contributed by atoms with Crippen LogP contribution in [0, 0.1) is 5.92 Å². The summed E-state index contributed by atoms with van der Waals surface area (Å²) in [5.74, 6) is 0.860. The minimum atomic E-state index is -3.54. The summed E-state index contributed by atoms with van der Waals surface area (Å²) in [6.45, 7) is 3.14. The Kier molecular flexibility index (Phi) is 5.64. The number of nitrogens with zero attached hydrogens (tertiary/aromatic N) is 2. The molecule has 0 unspecified atom stereocenters. The third-order valence-corrected chi connectivity index (χ3v) is 5.53. The first kappa shape index (κ1) is 16.3. The Morgan fingerprint density at radius 3 is 2.81 bits per heavy atom. The van der Waals surface area contributed by atoms with Crippen LogP contribution in [-0.4, -0.2) is 24.7 Å². The second-order valence-electron chi connectivity index (χ2n) is 5.83. The molecule has 0 aromatic carbocycles. The fourth-order valence-corrected chi connectivity index (χ4v) is 4.09. The molecule has 21 heavy (non-hydrogen) atoms. The number of nitrogens with one attached hydrogen (secondary N) is 1. The highest BCUT2D eigenvalue weighted by Gasteiger charge is 2.21. The standard InChI is InChI=1S/C14H26N4O2S/c1-2-10-18-11-13(14(15)17-18)21(19,20)16-9-5-8-12-6-3-4-7-12/h11-12,16H,2-10H2,1H3,(H2,15,17). The van der Waals surface area contributed by atoms with Gasteiger partial charge in [-0.15, -0.1) is 0 Å². The highest BCUT2D eigenvalue weighted by molar-refractivity contribution is 7.89. The van der Waals surface area contributed by atoms with Crippen molar-refractivity contribution in [2.24, 2.45) is 5.92 Å². The molecule has 1 aliphatic rings. The van der Waals surface area contributed by atoms with Gasteiger partial charge in [-0.25, -0.2) is 13.1 Å². The Labute approximate surface area is 127 Å².